The summed E-state index contributed by atoms with van der Waals surface area (Å²) in [6.07, 6.45) is 1.45. The van der Waals surface area contributed by atoms with E-state index in [1.165, 1.54) is 6.33 Å². The van der Waals surface area contributed by atoms with Gasteiger partial charge < -0.3 is 10.6 Å². The van der Waals surface area contributed by atoms with Gasteiger partial charge in [-0.2, -0.15) is 0 Å². The number of hydrogen-bond acceptors (Lipinski definition) is 6. The highest BCUT2D eigenvalue weighted by Gasteiger charge is 2.12. The van der Waals surface area contributed by atoms with E-state index in [-0.39, 0.29) is 10.6 Å². The number of aromatic nitrogens is 2. The zero-order chi connectivity index (χ0) is 18.6. The maximum Gasteiger partial charge on any atom is 0.178 e. The number of nitrogens with zero attached hydrogens (tertiary/aromatic N) is 2. The average molecular weight is 368 g/mol. The smallest absolute Gasteiger partial charge is 0.178 e. The molecule has 0 saturated carbocycles. The highest BCUT2D eigenvalue weighted by Crippen LogP contribution is 2.22. The molecule has 1 aromatic heterocycles. The highest BCUT2D eigenvalue weighted by molar-refractivity contribution is 7.91. The summed E-state index contributed by atoms with van der Waals surface area (Å²) < 4.78 is 24.1. The molecule has 0 spiro atoms. The predicted octanol–water partition coefficient (Wildman–Crippen LogP) is 4.07. The largest absolute Gasteiger partial charge is 0.340 e. The lowest BCUT2D eigenvalue weighted by molar-refractivity contribution is 0.597. The van der Waals surface area contributed by atoms with E-state index in [1.807, 2.05) is 31.2 Å². The summed E-state index contributed by atoms with van der Waals surface area (Å²) in [7, 11) is -3.25. The molecular formula is C19H20N4O2S. The zero-order valence-corrected chi connectivity index (χ0v) is 15.4. The Bertz CT molecular complexity index is 1020. The minimum absolute atomic E-state index is 0.0640. The Balaban J connectivity index is 1.80. The van der Waals surface area contributed by atoms with E-state index in [1.54, 1.807) is 37.3 Å². The number of nitrogens with one attached hydrogen (secondary N) is 2. The van der Waals surface area contributed by atoms with E-state index >= 15 is 0 Å². The van der Waals surface area contributed by atoms with E-state index in [4.69, 9.17) is 0 Å². The molecule has 26 heavy (non-hydrogen) atoms. The Kier molecular flexibility index (Phi) is 5.18. The monoisotopic (exact) mass is 368 g/mol. The normalized spacial score (nSPS) is 11.2. The van der Waals surface area contributed by atoms with Crippen molar-refractivity contribution in [1.82, 2.24) is 9.97 Å². The summed E-state index contributed by atoms with van der Waals surface area (Å²) >= 11 is 0. The molecule has 6 nitrogen and oxygen atoms in total. The van der Waals surface area contributed by atoms with Gasteiger partial charge in [0, 0.05) is 17.4 Å². The topological polar surface area (TPSA) is 84.0 Å². The van der Waals surface area contributed by atoms with E-state index in [0.717, 1.165) is 11.3 Å². The minimum Gasteiger partial charge on any atom is -0.340 e. The molecule has 134 valence electrons. The first-order chi connectivity index (χ1) is 12.5. The fraction of sp³-hybridized carbons (Fsp3) is 0.158. The summed E-state index contributed by atoms with van der Waals surface area (Å²) in [5.74, 6) is 1.28. The molecule has 7 heteroatoms. The maximum absolute atomic E-state index is 12.0. The molecule has 0 fully saturated rings. The molecule has 0 aliphatic carbocycles. The lowest BCUT2D eigenvalue weighted by atomic mass is 10.2. The molecule has 0 radical (unpaired) electrons. The van der Waals surface area contributed by atoms with Gasteiger partial charge >= 0.3 is 0 Å². The Morgan fingerprint density at radius 2 is 1.50 bits per heavy atom. The molecule has 0 atom stereocenters. The lowest BCUT2D eigenvalue weighted by Crippen LogP contribution is -2.04. The Labute approximate surface area is 153 Å². The molecule has 0 aliphatic heterocycles. The first-order valence-electron chi connectivity index (χ1n) is 8.22. The van der Waals surface area contributed by atoms with Gasteiger partial charge in [-0.25, -0.2) is 18.4 Å². The van der Waals surface area contributed by atoms with Crippen LogP contribution in [-0.4, -0.2) is 24.1 Å². The van der Waals surface area contributed by atoms with Crippen LogP contribution in [0.4, 0.5) is 23.0 Å². The van der Waals surface area contributed by atoms with Crippen LogP contribution in [0.2, 0.25) is 0 Å². The van der Waals surface area contributed by atoms with Crippen LogP contribution in [0.15, 0.2) is 65.8 Å². The Hall–Kier alpha value is -2.93. The Morgan fingerprint density at radius 1 is 0.885 bits per heavy atom. The van der Waals surface area contributed by atoms with Crippen LogP contribution in [-0.2, 0) is 9.84 Å². The molecule has 0 unspecified atom stereocenters. The molecule has 3 aromatic rings. The Morgan fingerprint density at radius 3 is 2.12 bits per heavy atom. The lowest BCUT2D eigenvalue weighted by Gasteiger charge is -2.10. The van der Waals surface area contributed by atoms with Gasteiger partial charge in [0.2, 0.25) is 0 Å². The van der Waals surface area contributed by atoms with Crippen molar-refractivity contribution in [3.05, 3.63) is 66.5 Å². The van der Waals surface area contributed by atoms with Gasteiger partial charge in [-0.05, 0) is 42.8 Å². The third-order valence-electron chi connectivity index (χ3n) is 3.80. The number of hydrogen-bond donors (Lipinski definition) is 2. The molecule has 0 saturated heterocycles. The molecule has 3 rings (SSSR count). The van der Waals surface area contributed by atoms with Gasteiger partial charge in [-0.1, -0.05) is 25.1 Å². The van der Waals surface area contributed by atoms with Crippen molar-refractivity contribution < 1.29 is 8.42 Å². The first-order valence-corrected chi connectivity index (χ1v) is 9.87. The van der Waals surface area contributed by atoms with Crippen LogP contribution < -0.4 is 10.6 Å². The van der Waals surface area contributed by atoms with Crippen molar-refractivity contribution in [2.45, 2.75) is 18.7 Å². The van der Waals surface area contributed by atoms with E-state index in [0.29, 0.717) is 17.3 Å². The van der Waals surface area contributed by atoms with Gasteiger partial charge in [-0.15, -0.1) is 0 Å². The van der Waals surface area contributed by atoms with Crippen LogP contribution in [0.1, 0.15) is 12.5 Å². The predicted molar refractivity (Wildman–Crippen MR) is 104 cm³/mol. The number of benzene rings is 2. The van der Waals surface area contributed by atoms with Crippen molar-refractivity contribution in [3.63, 3.8) is 0 Å². The average Bonchev–Trinajstić information content (AvgIpc) is 2.62. The van der Waals surface area contributed by atoms with Crippen molar-refractivity contribution in [2.75, 3.05) is 16.4 Å². The number of rotatable bonds is 6. The summed E-state index contributed by atoms with van der Waals surface area (Å²) in [5.41, 5.74) is 2.74. The van der Waals surface area contributed by atoms with Crippen molar-refractivity contribution in [3.8, 4) is 0 Å². The number of sulfone groups is 1. The van der Waals surface area contributed by atoms with Crippen molar-refractivity contribution >= 4 is 32.8 Å². The second-order valence-electron chi connectivity index (χ2n) is 5.84. The second kappa shape index (κ2) is 7.53. The fourth-order valence-corrected chi connectivity index (χ4v) is 3.37. The highest BCUT2D eigenvalue weighted by atomic mass is 32.2. The maximum atomic E-state index is 12.0. The minimum atomic E-state index is -3.25. The molecule has 0 aliphatic rings. The third-order valence-corrected chi connectivity index (χ3v) is 5.54. The first kappa shape index (κ1) is 17.9. The van der Waals surface area contributed by atoms with Crippen molar-refractivity contribution in [1.29, 1.82) is 0 Å². The summed E-state index contributed by atoms with van der Waals surface area (Å²) in [4.78, 5) is 8.70. The van der Waals surface area contributed by atoms with E-state index in [9.17, 15) is 8.42 Å². The third kappa shape index (κ3) is 4.37. The fourth-order valence-electron chi connectivity index (χ4n) is 2.45. The van der Waals surface area contributed by atoms with Gasteiger partial charge in [0.1, 0.15) is 18.0 Å². The molecule has 1 heterocycles. The quantitative estimate of drug-likeness (QED) is 0.682. The molecule has 0 amide bonds. The van der Waals surface area contributed by atoms with Crippen LogP contribution in [0.3, 0.4) is 0 Å². The summed E-state index contributed by atoms with van der Waals surface area (Å²) in [5, 5.41) is 6.35. The molecule has 0 bridgehead atoms. The van der Waals surface area contributed by atoms with Crippen molar-refractivity contribution in [2.24, 2.45) is 0 Å². The van der Waals surface area contributed by atoms with Gasteiger partial charge in [-0.3, -0.25) is 0 Å². The summed E-state index contributed by atoms with van der Waals surface area (Å²) in [6.45, 7) is 3.65. The summed E-state index contributed by atoms with van der Waals surface area (Å²) in [6, 6.07) is 16.4. The molecule has 2 N–H and O–H groups in total. The van der Waals surface area contributed by atoms with Gasteiger partial charge in [0.25, 0.3) is 0 Å². The molecule has 2 aromatic carbocycles. The number of aryl methyl sites for hydroxylation is 1. The van der Waals surface area contributed by atoms with Crippen LogP contribution >= 0.6 is 0 Å². The van der Waals surface area contributed by atoms with Crippen LogP contribution in [0, 0.1) is 6.92 Å². The van der Waals surface area contributed by atoms with E-state index < -0.39 is 9.84 Å². The standard InChI is InChI=1S/C19H20N4O2S/c1-3-26(24,25)17-9-5-8-16(11-17)23-19-12-18(20-13-21-19)22-15-7-4-6-14(2)10-15/h4-13H,3H2,1-2H3,(H2,20,21,22,23). The van der Waals surface area contributed by atoms with Crippen LogP contribution in [0.5, 0.6) is 0 Å². The molecular weight excluding hydrogens is 348 g/mol. The SMILES string of the molecule is CCS(=O)(=O)c1cccc(Nc2cc(Nc3cccc(C)c3)ncn2)c1. The van der Waals surface area contributed by atoms with Crippen LogP contribution in [0.25, 0.3) is 0 Å². The van der Waals surface area contributed by atoms with Gasteiger partial charge in [0.15, 0.2) is 9.84 Å². The number of anilines is 4. The van der Waals surface area contributed by atoms with Gasteiger partial charge in [0.05, 0.1) is 10.6 Å². The van der Waals surface area contributed by atoms with E-state index in [2.05, 4.69) is 20.6 Å². The zero-order valence-electron chi connectivity index (χ0n) is 14.6. The second-order valence-corrected chi connectivity index (χ2v) is 8.12.